The summed E-state index contributed by atoms with van der Waals surface area (Å²) in [4.78, 5) is 24.4. The van der Waals surface area contributed by atoms with Crippen LogP contribution in [0.15, 0.2) is 24.3 Å². The molecule has 0 aromatic heterocycles. The third kappa shape index (κ3) is 3.32. The third-order valence-corrected chi connectivity index (χ3v) is 3.53. The third-order valence-electron chi connectivity index (χ3n) is 3.53. The molecule has 1 fully saturated rings. The van der Waals surface area contributed by atoms with Crippen molar-refractivity contribution in [1.82, 2.24) is 4.90 Å². The number of nitrogens with zero attached hydrogens (tertiary/aromatic N) is 1. The fraction of sp³-hybridized carbons (Fsp3) is 0.429. The molecule has 0 spiro atoms. The average molecular weight is 262 g/mol. The van der Waals surface area contributed by atoms with Crippen LogP contribution in [0.2, 0.25) is 0 Å². The lowest BCUT2D eigenvalue weighted by molar-refractivity contribution is -0.143. The van der Waals surface area contributed by atoms with Gasteiger partial charge in [-0.3, -0.25) is 14.5 Å². The van der Waals surface area contributed by atoms with Crippen molar-refractivity contribution in [3.05, 3.63) is 35.4 Å². The highest BCUT2D eigenvalue weighted by molar-refractivity contribution is 5.94. The fourth-order valence-corrected chi connectivity index (χ4v) is 2.54. The Morgan fingerprint density at radius 1 is 1.37 bits per heavy atom. The molecule has 19 heavy (non-hydrogen) atoms. The summed E-state index contributed by atoms with van der Waals surface area (Å²) in [6, 6.07) is 7.21. The van der Waals surface area contributed by atoms with Crippen molar-refractivity contribution < 1.29 is 14.7 Å². The van der Waals surface area contributed by atoms with Crippen LogP contribution in [0.25, 0.3) is 0 Å². The minimum atomic E-state index is -0.743. The first-order valence-corrected chi connectivity index (χ1v) is 6.41. The molecule has 1 unspecified atom stereocenters. The first kappa shape index (κ1) is 13.5. The monoisotopic (exact) mass is 262 g/mol. The number of carboxylic acid groups (broad SMARTS) is 1. The molecule has 5 heteroatoms. The Bertz CT molecular complexity index is 487. The Hall–Kier alpha value is -1.88. The van der Waals surface area contributed by atoms with Crippen molar-refractivity contribution in [2.45, 2.75) is 19.4 Å². The van der Waals surface area contributed by atoms with Gasteiger partial charge in [0, 0.05) is 18.7 Å². The molecule has 3 N–H and O–H groups in total. The number of likely N-dealkylation sites (tertiary alicyclic amines) is 1. The minimum Gasteiger partial charge on any atom is -0.481 e. The van der Waals surface area contributed by atoms with Crippen LogP contribution in [0, 0.1) is 5.92 Å². The van der Waals surface area contributed by atoms with Crippen LogP contribution in [-0.2, 0) is 11.3 Å². The summed E-state index contributed by atoms with van der Waals surface area (Å²) in [5, 5.41) is 9.06. The largest absolute Gasteiger partial charge is 0.481 e. The topological polar surface area (TPSA) is 83.6 Å². The maximum Gasteiger partial charge on any atom is 0.307 e. The molecular formula is C14H18N2O3. The van der Waals surface area contributed by atoms with Crippen molar-refractivity contribution in [2.75, 3.05) is 13.1 Å². The molecule has 0 radical (unpaired) electrons. The number of carbonyl (C=O) groups is 2. The van der Waals surface area contributed by atoms with E-state index in [2.05, 4.69) is 4.90 Å². The number of piperidine rings is 1. The van der Waals surface area contributed by atoms with Gasteiger partial charge in [-0.25, -0.2) is 0 Å². The lowest BCUT2D eigenvalue weighted by atomic mass is 9.97. The van der Waals surface area contributed by atoms with Gasteiger partial charge in [0.05, 0.1) is 5.92 Å². The SMILES string of the molecule is NC(=O)c1ccccc1CN1CCCC(C(=O)O)C1. The van der Waals surface area contributed by atoms with E-state index < -0.39 is 11.9 Å². The van der Waals surface area contributed by atoms with Crippen LogP contribution in [-0.4, -0.2) is 35.0 Å². The van der Waals surface area contributed by atoms with E-state index in [0.29, 0.717) is 18.7 Å². The molecule has 1 amide bonds. The van der Waals surface area contributed by atoms with Gasteiger partial charge in [-0.15, -0.1) is 0 Å². The fourth-order valence-electron chi connectivity index (χ4n) is 2.54. The molecule has 1 aromatic carbocycles. The van der Waals surface area contributed by atoms with Gasteiger partial charge in [0.2, 0.25) is 5.91 Å². The Kier molecular flexibility index (Phi) is 4.16. The molecule has 1 aliphatic rings. The van der Waals surface area contributed by atoms with E-state index in [1.807, 2.05) is 12.1 Å². The smallest absolute Gasteiger partial charge is 0.307 e. The Morgan fingerprint density at radius 3 is 2.79 bits per heavy atom. The number of benzene rings is 1. The van der Waals surface area contributed by atoms with Gasteiger partial charge in [0.25, 0.3) is 0 Å². The second-order valence-corrected chi connectivity index (χ2v) is 4.93. The van der Waals surface area contributed by atoms with Crippen LogP contribution in [0.1, 0.15) is 28.8 Å². The van der Waals surface area contributed by atoms with E-state index in [9.17, 15) is 9.59 Å². The molecule has 1 saturated heterocycles. The Balaban J connectivity index is 2.09. The maximum absolute atomic E-state index is 11.3. The number of carboxylic acids is 1. The molecule has 5 nitrogen and oxygen atoms in total. The zero-order valence-electron chi connectivity index (χ0n) is 10.7. The number of primary amides is 1. The predicted octanol–water partition coefficient (Wildman–Crippen LogP) is 1.08. The lowest BCUT2D eigenvalue weighted by Gasteiger charge is -2.30. The summed E-state index contributed by atoms with van der Waals surface area (Å²) in [6.07, 6.45) is 1.60. The number of amides is 1. The second kappa shape index (κ2) is 5.84. The molecular weight excluding hydrogens is 244 g/mol. The first-order chi connectivity index (χ1) is 9.08. The van der Waals surface area contributed by atoms with Gasteiger partial charge >= 0.3 is 5.97 Å². The molecule has 0 aliphatic carbocycles. The normalized spacial score (nSPS) is 20.1. The van der Waals surface area contributed by atoms with E-state index >= 15 is 0 Å². The highest BCUT2D eigenvalue weighted by Gasteiger charge is 2.25. The van der Waals surface area contributed by atoms with Crippen LogP contribution >= 0.6 is 0 Å². The van der Waals surface area contributed by atoms with Crippen LogP contribution < -0.4 is 5.73 Å². The number of rotatable bonds is 4. The van der Waals surface area contributed by atoms with Crippen molar-refractivity contribution in [3.63, 3.8) is 0 Å². The highest BCUT2D eigenvalue weighted by Crippen LogP contribution is 2.20. The summed E-state index contributed by atoms with van der Waals surface area (Å²) >= 11 is 0. The summed E-state index contributed by atoms with van der Waals surface area (Å²) in [6.45, 7) is 1.96. The van der Waals surface area contributed by atoms with Gasteiger partial charge in [-0.1, -0.05) is 18.2 Å². The lowest BCUT2D eigenvalue weighted by Crippen LogP contribution is -2.38. The van der Waals surface area contributed by atoms with Crippen molar-refractivity contribution in [1.29, 1.82) is 0 Å². The zero-order chi connectivity index (χ0) is 13.8. The molecule has 102 valence electrons. The maximum atomic E-state index is 11.3. The number of aliphatic carboxylic acids is 1. The van der Waals surface area contributed by atoms with E-state index in [-0.39, 0.29) is 5.92 Å². The van der Waals surface area contributed by atoms with E-state index in [1.54, 1.807) is 12.1 Å². The number of carbonyl (C=O) groups excluding carboxylic acids is 1. The van der Waals surface area contributed by atoms with Crippen LogP contribution in [0.4, 0.5) is 0 Å². The van der Waals surface area contributed by atoms with Gasteiger partial charge < -0.3 is 10.8 Å². The van der Waals surface area contributed by atoms with Crippen molar-refractivity contribution in [3.8, 4) is 0 Å². The van der Waals surface area contributed by atoms with Gasteiger partial charge in [-0.05, 0) is 31.0 Å². The number of hydrogen-bond donors (Lipinski definition) is 2. The molecule has 0 bridgehead atoms. The van der Waals surface area contributed by atoms with Gasteiger partial charge in [-0.2, -0.15) is 0 Å². The van der Waals surface area contributed by atoms with E-state index in [1.165, 1.54) is 0 Å². The summed E-state index contributed by atoms with van der Waals surface area (Å²) in [5.74, 6) is -1.50. The van der Waals surface area contributed by atoms with E-state index in [0.717, 1.165) is 24.9 Å². The quantitative estimate of drug-likeness (QED) is 0.850. The predicted molar refractivity (Wildman–Crippen MR) is 70.6 cm³/mol. The molecule has 1 aromatic rings. The minimum absolute atomic E-state index is 0.311. The summed E-state index contributed by atoms with van der Waals surface area (Å²) in [7, 11) is 0. The molecule has 1 atom stereocenters. The number of hydrogen-bond acceptors (Lipinski definition) is 3. The summed E-state index contributed by atoms with van der Waals surface area (Å²) in [5.41, 5.74) is 6.72. The molecule has 2 rings (SSSR count). The van der Waals surface area contributed by atoms with Crippen LogP contribution in [0.3, 0.4) is 0 Å². The Labute approximate surface area is 112 Å². The van der Waals surface area contributed by atoms with Crippen molar-refractivity contribution in [2.24, 2.45) is 11.7 Å². The molecule has 0 saturated carbocycles. The number of nitrogens with two attached hydrogens (primary N) is 1. The van der Waals surface area contributed by atoms with Crippen LogP contribution in [0.5, 0.6) is 0 Å². The standard InChI is InChI=1S/C14H18N2O3/c15-13(17)12-6-2-1-4-10(12)8-16-7-3-5-11(9-16)14(18)19/h1-2,4,6,11H,3,5,7-9H2,(H2,15,17)(H,18,19). The van der Waals surface area contributed by atoms with Gasteiger partial charge in [0.15, 0.2) is 0 Å². The van der Waals surface area contributed by atoms with Crippen molar-refractivity contribution >= 4 is 11.9 Å². The summed E-state index contributed by atoms with van der Waals surface area (Å²) < 4.78 is 0. The average Bonchev–Trinajstić information content (AvgIpc) is 2.39. The Morgan fingerprint density at radius 2 is 2.11 bits per heavy atom. The molecule has 1 aliphatic heterocycles. The first-order valence-electron chi connectivity index (χ1n) is 6.41. The van der Waals surface area contributed by atoms with E-state index in [4.69, 9.17) is 10.8 Å². The van der Waals surface area contributed by atoms with Gasteiger partial charge in [0.1, 0.15) is 0 Å². The molecule has 1 heterocycles. The zero-order valence-corrected chi connectivity index (χ0v) is 10.7. The highest BCUT2D eigenvalue weighted by atomic mass is 16.4. The second-order valence-electron chi connectivity index (χ2n) is 4.93.